The molecule has 2 aromatic carbocycles. The van der Waals surface area contributed by atoms with E-state index in [0.29, 0.717) is 18.7 Å². The molecule has 4 nitrogen and oxygen atoms in total. The number of rotatable bonds is 6. The van der Waals surface area contributed by atoms with Gasteiger partial charge in [0, 0.05) is 17.5 Å². The molecule has 5 heteroatoms. The van der Waals surface area contributed by atoms with E-state index < -0.39 is 0 Å². The van der Waals surface area contributed by atoms with Crippen molar-refractivity contribution in [2.24, 2.45) is 0 Å². The first-order valence-electron chi connectivity index (χ1n) is 8.08. The molecule has 25 heavy (non-hydrogen) atoms. The molecule has 1 aromatic heterocycles. The molecule has 0 aliphatic carbocycles. The van der Waals surface area contributed by atoms with E-state index in [9.17, 15) is 4.79 Å². The van der Waals surface area contributed by atoms with Crippen LogP contribution in [0, 0.1) is 13.8 Å². The average molecular weight is 352 g/mol. The molecule has 1 heterocycles. The van der Waals surface area contributed by atoms with Crippen LogP contribution < -0.4 is 10.1 Å². The van der Waals surface area contributed by atoms with Crippen molar-refractivity contribution >= 4 is 17.2 Å². The molecule has 1 N–H and O–H groups in total. The first-order chi connectivity index (χ1) is 12.1. The molecule has 128 valence electrons. The monoisotopic (exact) mass is 352 g/mol. The van der Waals surface area contributed by atoms with Gasteiger partial charge >= 0.3 is 0 Å². The third-order valence-corrected chi connectivity index (χ3v) is 4.53. The smallest absolute Gasteiger partial charge is 0.251 e. The zero-order valence-corrected chi connectivity index (χ0v) is 15.1. The maximum absolute atomic E-state index is 12.2. The van der Waals surface area contributed by atoms with Gasteiger partial charge in [-0.05, 0) is 43.7 Å². The standard InChI is InChI=1S/C20H20N2O2S/c1-14-4-3-5-16(10-14)11-21-20(23)17-6-8-19(9-7-17)24-12-18-13-25-15(2)22-18/h3-10,13H,11-12H2,1-2H3,(H,21,23). The molecule has 0 spiro atoms. The van der Waals surface area contributed by atoms with Gasteiger partial charge in [0.25, 0.3) is 5.91 Å². The van der Waals surface area contributed by atoms with E-state index in [4.69, 9.17) is 4.74 Å². The summed E-state index contributed by atoms with van der Waals surface area (Å²) in [6.45, 7) is 4.96. The number of hydrogen-bond donors (Lipinski definition) is 1. The largest absolute Gasteiger partial charge is 0.487 e. The first kappa shape index (κ1) is 17.2. The number of nitrogens with zero attached hydrogens (tertiary/aromatic N) is 1. The van der Waals surface area contributed by atoms with Crippen molar-refractivity contribution in [2.75, 3.05) is 0 Å². The van der Waals surface area contributed by atoms with Gasteiger partial charge in [-0.1, -0.05) is 29.8 Å². The number of amides is 1. The molecule has 0 unspecified atom stereocenters. The fourth-order valence-corrected chi connectivity index (χ4v) is 3.04. The zero-order chi connectivity index (χ0) is 17.6. The van der Waals surface area contributed by atoms with Crippen LogP contribution in [0.3, 0.4) is 0 Å². The van der Waals surface area contributed by atoms with Crippen molar-refractivity contribution in [3.8, 4) is 5.75 Å². The van der Waals surface area contributed by atoms with Crippen molar-refractivity contribution in [1.82, 2.24) is 10.3 Å². The summed E-state index contributed by atoms with van der Waals surface area (Å²) in [5.74, 6) is 0.629. The number of thiazole rings is 1. The minimum absolute atomic E-state index is 0.0943. The van der Waals surface area contributed by atoms with Gasteiger partial charge in [-0.25, -0.2) is 4.98 Å². The van der Waals surface area contributed by atoms with Crippen LogP contribution in [0.4, 0.5) is 0 Å². The van der Waals surface area contributed by atoms with Crippen LogP contribution in [-0.2, 0) is 13.2 Å². The van der Waals surface area contributed by atoms with Crippen LogP contribution in [0.25, 0.3) is 0 Å². The predicted octanol–water partition coefficient (Wildman–Crippen LogP) is 4.27. The summed E-state index contributed by atoms with van der Waals surface area (Å²) >= 11 is 1.61. The summed E-state index contributed by atoms with van der Waals surface area (Å²) in [4.78, 5) is 16.6. The molecule has 3 aromatic rings. The van der Waals surface area contributed by atoms with Gasteiger partial charge in [-0.2, -0.15) is 0 Å². The number of ether oxygens (including phenoxy) is 1. The number of benzene rings is 2. The van der Waals surface area contributed by atoms with Crippen LogP contribution in [0.1, 0.15) is 32.2 Å². The Morgan fingerprint density at radius 2 is 1.96 bits per heavy atom. The van der Waals surface area contributed by atoms with E-state index in [-0.39, 0.29) is 5.91 Å². The first-order valence-corrected chi connectivity index (χ1v) is 8.96. The van der Waals surface area contributed by atoms with Crippen LogP contribution in [0.5, 0.6) is 5.75 Å². The van der Waals surface area contributed by atoms with Crippen LogP contribution in [-0.4, -0.2) is 10.9 Å². The van der Waals surface area contributed by atoms with Crippen molar-refractivity contribution < 1.29 is 9.53 Å². The van der Waals surface area contributed by atoms with Crippen LogP contribution in [0.2, 0.25) is 0 Å². The van der Waals surface area contributed by atoms with Gasteiger partial charge in [0.05, 0.1) is 10.7 Å². The molecule has 0 saturated carbocycles. The van der Waals surface area contributed by atoms with Crippen molar-refractivity contribution in [3.63, 3.8) is 0 Å². The number of carbonyl (C=O) groups is 1. The molecule has 0 aliphatic heterocycles. The van der Waals surface area contributed by atoms with Gasteiger partial charge in [0.15, 0.2) is 0 Å². The van der Waals surface area contributed by atoms with E-state index in [2.05, 4.69) is 16.4 Å². The third-order valence-electron chi connectivity index (χ3n) is 3.71. The second kappa shape index (κ2) is 7.94. The van der Waals surface area contributed by atoms with Crippen LogP contribution in [0.15, 0.2) is 53.9 Å². The second-order valence-corrected chi connectivity index (χ2v) is 6.90. The maximum atomic E-state index is 12.2. The predicted molar refractivity (Wildman–Crippen MR) is 100.0 cm³/mol. The highest BCUT2D eigenvalue weighted by Crippen LogP contribution is 2.15. The summed E-state index contributed by atoms with van der Waals surface area (Å²) in [6.07, 6.45) is 0. The minimum atomic E-state index is -0.0943. The summed E-state index contributed by atoms with van der Waals surface area (Å²) < 4.78 is 5.70. The molecule has 0 atom stereocenters. The zero-order valence-electron chi connectivity index (χ0n) is 14.3. The fourth-order valence-electron chi connectivity index (χ4n) is 2.44. The number of hydrogen-bond acceptors (Lipinski definition) is 4. The lowest BCUT2D eigenvalue weighted by molar-refractivity contribution is 0.0951. The number of nitrogens with one attached hydrogen (secondary N) is 1. The molecular formula is C20H20N2O2S. The van der Waals surface area contributed by atoms with Crippen molar-refractivity contribution in [1.29, 1.82) is 0 Å². The number of aromatic nitrogens is 1. The minimum Gasteiger partial charge on any atom is -0.487 e. The summed E-state index contributed by atoms with van der Waals surface area (Å²) in [6, 6.07) is 15.3. The Bertz CT molecular complexity index is 856. The van der Waals surface area contributed by atoms with Gasteiger partial charge in [0.1, 0.15) is 12.4 Å². The van der Waals surface area contributed by atoms with E-state index in [1.54, 1.807) is 35.6 Å². The van der Waals surface area contributed by atoms with Gasteiger partial charge in [-0.15, -0.1) is 11.3 Å². The van der Waals surface area contributed by atoms with Gasteiger partial charge in [0.2, 0.25) is 0 Å². The lowest BCUT2D eigenvalue weighted by Gasteiger charge is -2.08. The second-order valence-electron chi connectivity index (χ2n) is 5.84. The summed E-state index contributed by atoms with van der Waals surface area (Å²) in [5, 5.41) is 5.95. The van der Waals surface area contributed by atoms with Crippen molar-refractivity contribution in [3.05, 3.63) is 81.3 Å². The average Bonchev–Trinajstić information content (AvgIpc) is 3.04. The Hall–Kier alpha value is -2.66. The Morgan fingerprint density at radius 3 is 2.64 bits per heavy atom. The topological polar surface area (TPSA) is 51.2 Å². The molecule has 0 fully saturated rings. The normalized spacial score (nSPS) is 10.5. The molecule has 3 rings (SSSR count). The molecule has 0 radical (unpaired) electrons. The van der Waals surface area contributed by atoms with Crippen LogP contribution >= 0.6 is 11.3 Å². The summed E-state index contributed by atoms with van der Waals surface area (Å²) in [5.41, 5.74) is 3.81. The Morgan fingerprint density at radius 1 is 1.16 bits per heavy atom. The Balaban J connectivity index is 1.53. The molecule has 0 bridgehead atoms. The maximum Gasteiger partial charge on any atom is 0.251 e. The van der Waals surface area contributed by atoms with Crippen molar-refractivity contribution in [2.45, 2.75) is 27.0 Å². The van der Waals surface area contributed by atoms with E-state index >= 15 is 0 Å². The molecule has 1 amide bonds. The quantitative estimate of drug-likeness (QED) is 0.721. The SMILES string of the molecule is Cc1cccc(CNC(=O)c2ccc(OCc3csc(C)n3)cc2)c1. The number of aryl methyl sites for hydroxylation is 2. The highest BCUT2D eigenvalue weighted by Gasteiger charge is 2.06. The Labute approximate surface area is 151 Å². The molecule has 0 aliphatic rings. The van der Waals surface area contributed by atoms with E-state index in [1.165, 1.54) is 5.56 Å². The molecule has 0 saturated heterocycles. The van der Waals surface area contributed by atoms with Gasteiger partial charge in [-0.3, -0.25) is 4.79 Å². The van der Waals surface area contributed by atoms with E-state index in [0.717, 1.165) is 22.0 Å². The third kappa shape index (κ3) is 4.90. The Kier molecular flexibility index (Phi) is 5.46. The highest BCUT2D eigenvalue weighted by atomic mass is 32.1. The highest BCUT2D eigenvalue weighted by molar-refractivity contribution is 7.09. The fraction of sp³-hybridized carbons (Fsp3) is 0.200. The lowest BCUT2D eigenvalue weighted by Crippen LogP contribution is -2.22. The van der Waals surface area contributed by atoms with E-state index in [1.807, 2.05) is 37.4 Å². The summed E-state index contributed by atoms with van der Waals surface area (Å²) in [7, 11) is 0. The molecular weight excluding hydrogens is 332 g/mol. The lowest BCUT2D eigenvalue weighted by atomic mass is 10.1. The number of carbonyl (C=O) groups excluding carboxylic acids is 1. The van der Waals surface area contributed by atoms with Gasteiger partial charge < -0.3 is 10.1 Å².